The zero-order valence-corrected chi connectivity index (χ0v) is 9.37. The van der Waals surface area contributed by atoms with Crippen LogP contribution in [0.5, 0.6) is 11.6 Å². The third kappa shape index (κ3) is 2.81. The third-order valence-electron chi connectivity index (χ3n) is 2.20. The van der Waals surface area contributed by atoms with Gasteiger partial charge in [-0.3, -0.25) is 4.99 Å². The molecular formula is C13H12N2O2. The number of aromatic hydroxyl groups is 1. The largest absolute Gasteiger partial charge is 0.506 e. The average molecular weight is 228 g/mol. The van der Waals surface area contributed by atoms with Crippen LogP contribution in [0.1, 0.15) is 5.56 Å². The molecule has 0 bridgehead atoms. The zero-order valence-electron chi connectivity index (χ0n) is 9.37. The van der Waals surface area contributed by atoms with E-state index in [-0.39, 0.29) is 5.75 Å². The molecule has 1 aromatic heterocycles. The zero-order chi connectivity index (χ0) is 12.1. The number of pyridine rings is 1. The molecule has 0 fully saturated rings. The summed E-state index contributed by atoms with van der Waals surface area (Å²) in [6.45, 7) is 0. The number of phenols is 1. The molecule has 0 aliphatic heterocycles. The molecule has 0 aliphatic carbocycles. The minimum atomic E-state index is 0.158. The van der Waals surface area contributed by atoms with Crippen LogP contribution in [0.3, 0.4) is 0 Å². The van der Waals surface area contributed by atoms with Crippen LogP contribution in [0.25, 0.3) is 0 Å². The predicted octanol–water partition coefficient (Wildman–Crippen LogP) is 2.55. The topological polar surface area (TPSA) is 54.7 Å². The number of nitrogens with zero attached hydrogens (tertiary/aromatic N) is 2. The first-order valence-electron chi connectivity index (χ1n) is 5.11. The number of rotatable bonds is 3. The number of methoxy groups -OCH3 is 1. The molecule has 4 nitrogen and oxygen atoms in total. The van der Waals surface area contributed by atoms with Crippen molar-refractivity contribution in [1.82, 2.24) is 4.98 Å². The van der Waals surface area contributed by atoms with Crippen molar-refractivity contribution in [1.29, 1.82) is 0 Å². The standard InChI is InChI=1S/C13H12N2O2/c1-17-13-7-6-10(9-15-13)8-14-11-4-2-3-5-12(11)16/h2-9,16H,1H3. The van der Waals surface area contributed by atoms with Gasteiger partial charge in [0, 0.05) is 24.0 Å². The number of hydrogen-bond donors (Lipinski definition) is 1. The van der Waals surface area contributed by atoms with Crippen LogP contribution in [0.2, 0.25) is 0 Å². The van der Waals surface area contributed by atoms with Crippen LogP contribution in [0.4, 0.5) is 5.69 Å². The lowest BCUT2D eigenvalue weighted by Gasteiger charge is -1.99. The van der Waals surface area contributed by atoms with Crippen molar-refractivity contribution in [2.24, 2.45) is 4.99 Å². The molecule has 4 heteroatoms. The van der Waals surface area contributed by atoms with Gasteiger partial charge in [-0.15, -0.1) is 0 Å². The first kappa shape index (κ1) is 11.1. The van der Waals surface area contributed by atoms with E-state index in [1.807, 2.05) is 12.1 Å². The highest BCUT2D eigenvalue weighted by Crippen LogP contribution is 2.24. The van der Waals surface area contributed by atoms with Gasteiger partial charge in [-0.25, -0.2) is 4.98 Å². The highest BCUT2D eigenvalue weighted by atomic mass is 16.5. The number of benzene rings is 1. The lowest BCUT2D eigenvalue weighted by atomic mass is 10.3. The molecule has 17 heavy (non-hydrogen) atoms. The fourth-order valence-electron chi connectivity index (χ4n) is 1.31. The van der Waals surface area contributed by atoms with Gasteiger partial charge in [0.2, 0.25) is 5.88 Å². The summed E-state index contributed by atoms with van der Waals surface area (Å²) in [6, 6.07) is 10.5. The van der Waals surface area contributed by atoms with Crippen molar-refractivity contribution in [3.63, 3.8) is 0 Å². The van der Waals surface area contributed by atoms with Crippen LogP contribution in [0, 0.1) is 0 Å². The van der Waals surface area contributed by atoms with Crippen molar-refractivity contribution in [3.05, 3.63) is 48.2 Å². The van der Waals surface area contributed by atoms with Crippen LogP contribution >= 0.6 is 0 Å². The van der Waals surface area contributed by atoms with Crippen molar-refractivity contribution in [2.45, 2.75) is 0 Å². The first-order chi connectivity index (χ1) is 8.29. The second-order valence-corrected chi connectivity index (χ2v) is 3.38. The molecule has 1 heterocycles. The van der Waals surface area contributed by atoms with Crippen molar-refractivity contribution < 1.29 is 9.84 Å². The van der Waals surface area contributed by atoms with Crippen molar-refractivity contribution in [2.75, 3.05) is 7.11 Å². The Hall–Kier alpha value is -2.36. The monoisotopic (exact) mass is 228 g/mol. The first-order valence-corrected chi connectivity index (χ1v) is 5.11. The minimum Gasteiger partial charge on any atom is -0.506 e. The number of aliphatic imine (C=N–C) groups is 1. The van der Waals surface area contributed by atoms with Gasteiger partial charge in [-0.1, -0.05) is 12.1 Å². The van der Waals surface area contributed by atoms with E-state index in [1.165, 1.54) is 0 Å². The normalized spacial score (nSPS) is 10.6. The number of hydrogen-bond acceptors (Lipinski definition) is 4. The summed E-state index contributed by atoms with van der Waals surface area (Å²) in [5.41, 5.74) is 1.37. The lowest BCUT2D eigenvalue weighted by molar-refractivity contribution is 0.398. The molecule has 86 valence electrons. The molecule has 1 aromatic carbocycles. The quantitative estimate of drug-likeness (QED) is 0.821. The minimum absolute atomic E-state index is 0.158. The molecule has 0 amide bonds. The summed E-state index contributed by atoms with van der Waals surface area (Å²) < 4.78 is 4.96. The average Bonchev–Trinajstić information content (AvgIpc) is 2.38. The van der Waals surface area contributed by atoms with Gasteiger partial charge in [0.15, 0.2) is 0 Å². The highest BCUT2D eigenvalue weighted by molar-refractivity contribution is 5.82. The molecular weight excluding hydrogens is 216 g/mol. The van der Waals surface area contributed by atoms with E-state index in [0.717, 1.165) is 5.56 Å². The van der Waals surface area contributed by atoms with E-state index in [2.05, 4.69) is 9.98 Å². The molecule has 1 N–H and O–H groups in total. The molecule has 0 spiro atoms. The van der Waals surface area contributed by atoms with Gasteiger partial charge in [-0.05, 0) is 18.2 Å². The number of ether oxygens (including phenoxy) is 1. The Kier molecular flexibility index (Phi) is 3.35. The van der Waals surface area contributed by atoms with Gasteiger partial charge in [0.1, 0.15) is 11.4 Å². The molecule has 0 radical (unpaired) electrons. The fraction of sp³-hybridized carbons (Fsp3) is 0.0769. The van der Waals surface area contributed by atoms with Gasteiger partial charge >= 0.3 is 0 Å². The van der Waals surface area contributed by atoms with E-state index in [1.54, 1.807) is 43.8 Å². The van der Waals surface area contributed by atoms with Gasteiger partial charge in [-0.2, -0.15) is 0 Å². The Morgan fingerprint density at radius 3 is 2.71 bits per heavy atom. The van der Waals surface area contributed by atoms with Crippen LogP contribution in [-0.4, -0.2) is 23.4 Å². The van der Waals surface area contributed by atoms with Gasteiger partial charge in [0.25, 0.3) is 0 Å². The maximum Gasteiger partial charge on any atom is 0.212 e. The van der Waals surface area contributed by atoms with E-state index in [4.69, 9.17) is 4.74 Å². The van der Waals surface area contributed by atoms with Crippen molar-refractivity contribution >= 4 is 11.9 Å². The molecule has 0 saturated carbocycles. The Labute approximate surface area is 99.2 Å². The highest BCUT2D eigenvalue weighted by Gasteiger charge is 1.96. The predicted molar refractivity (Wildman–Crippen MR) is 66.1 cm³/mol. The summed E-state index contributed by atoms with van der Waals surface area (Å²) in [5.74, 6) is 0.718. The van der Waals surface area contributed by atoms with E-state index < -0.39 is 0 Å². The second kappa shape index (κ2) is 5.12. The molecule has 0 atom stereocenters. The van der Waals surface area contributed by atoms with Crippen LogP contribution in [0.15, 0.2) is 47.6 Å². The maximum absolute atomic E-state index is 9.52. The summed E-state index contributed by atoms with van der Waals surface area (Å²) in [5, 5.41) is 9.52. The van der Waals surface area contributed by atoms with Crippen LogP contribution in [-0.2, 0) is 0 Å². The summed E-state index contributed by atoms with van der Waals surface area (Å²) >= 11 is 0. The summed E-state index contributed by atoms with van der Waals surface area (Å²) in [6.07, 6.45) is 3.30. The Morgan fingerprint density at radius 1 is 1.24 bits per heavy atom. The molecule has 2 rings (SSSR count). The molecule has 2 aromatic rings. The fourth-order valence-corrected chi connectivity index (χ4v) is 1.31. The molecule has 0 saturated heterocycles. The number of phenolic OH excluding ortho intramolecular Hbond substituents is 1. The van der Waals surface area contributed by atoms with E-state index in [0.29, 0.717) is 11.6 Å². The molecule has 0 aliphatic rings. The van der Waals surface area contributed by atoms with Crippen LogP contribution < -0.4 is 4.74 Å². The van der Waals surface area contributed by atoms with Gasteiger partial charge < -0.3 is 9.84 Å². The SMILES string of the molecule is COc1ccc(C=Nc2ccccc2O)cn1. The smallest absolute Gasteiger partial charge is 0.212 e. The van der Waals surface area contributed by atoms with E-state index >= 15 is 0 Å². The Morgan fingerprint density at radius 2 is 2.06 bits per heavy atom. The number of para-hydroxylation sites is 2. The van der Waals surface area contributed by atoms with Crippen molar-refractivity contribution in [3.8, 4) is 11.6 Å². The number of aromatic nitrogens is 1. The summed E-state index contributed by atoms with van der Waals surface area (Å²) in [4.78, 5) is 8.23. The van der Waals surface area contributed by atoms with Gasteiger partial charge in [0.05, 0.1) is 7.11 Å². The Bertz CT molecular complexity index is 521. The third-order valence-corrected chi connectivity index (χ3v) is 2.20. The second-order valence-electron chi connectivity index (χ2n) is 3.38. The Balaban J connectivity index is 2.17. The lowest BCUT2D eigenvalue weighted by Crippen LogP contribution is -1.88. The summed E-state index contributed by atoms with van der Waals surface area (Å²) in [7, 11) is 1.57. The maximum atomic E-state index is 9.52. The molecule has 0 unspecified atom stereocenters. The van der Waals surface area contributed by atoms with E-state index in [9.17, 15) is 5.11 Å².